The van der Waals surface area contributed by atoms with Gasteiger partial charge in [-0.1, -0.05) is 11.6 Å². The molecule has 2 aromatic heterocycles. The molecule has 146 valence electrons. The molecule has 0 radical (unpaired) electrons. The van der Waals surface area contributed by atoms with Crippen LogP contribution in [-0.2, 0) is 19.7 Å². The van der Waals surface area contributed by atoms with Gasteiger partial charge in [-0.05, 0) is 30.5 Å². The van der Waals surface area contributed by atoms with Gasteiger partial charge in [-0.25, -0.2) is 0 Å². The molecule has 0 saturated heterocycles. The van der Waals surface area contributed by atoms with Crippen LogP contribution in [0.15, 0.2) is 35.8 Å². The van der Waals surface area contributed by atoms with E-state index in [1.165, 1.54) is 11.3 Å². The molecule has 1 aliphatic rings. The van der Waals surface area contributed by atoms with Gasteiger partial charge in [0.05, 0.1) is 28.3 Å². The van der Waals surface area contributed by atoms with Crippen LogP contribution in [0.3, 0.4) is 0 Å². The van der Waals surface area contributed by atoms with Gasteiger partial charge in [0.2, 0.25) is 6.79 Å². The minimum atomic E-state index is -0.153. The molecule has 0 unspecified atom stereocenters. The third-order valence-corrected chi connectivity index (χ3v) is 5.53. The molecular weight excluding hydrogens is 402 g/mol. The van der Waals surface area contributed by atoms with E-state index in [2.05, 4.69) is 10.4 Å². The summed E-state index contributed by atoms with van der Waals surface area (Å²) < 4.78 is 18.2. The van der Waals surface area contributed by atoms with E-state index in [4.69, 9.17) is 25.8 Å². The van der Waals surface area contributed by atoms with Gasteiger partial charge in [-0.2, -0.15) is 5.10 Å². The Morgan fingerprint density at radius 3 is 3.07 bits per heavy atom. The van der Waals surface area contributed by atoms with E-state index in [1.54, 1.807) is 16.9 Å². The predicted molar refractivity (Wildman–Crippen MR) is 105 cm³/mol. The van der Waals surface area contributed by atoms with Crippen LogP contribution >= 0.6 is 22.9 Å². The average molecular weight is 420 g/mol. The van der Waals surface area contributed by atoms with E-state index >= 15 is 0 Å². The number of rotatable bonds is 7. The lowest BCUT2D eigenvalue weighted by atomic mass is 10.3. The zero-order chi connectivity index (χ0) is 19.5. The molecule has 0 bridgehead atoms. The Hall–Kier alpha value is -2.71. The number of fused-ring (bicyclic) bond motifs is 1. The number of hydrogen-bond donors (Lipinski definition) is 1. The van der Waals surface area contributed by atoms with Gasteiger partial charge in [0.15, 0.2) is 11.5 Å². The van der Waals surface area contributed by atoms with Gasteiger partial charge >= 0.3 is 0 Å². The first-order valence-electron chi connectivity index (χ1n) is 8.72. The number of benzene rings is 1. The van der Waals surface area contributed by atoms with Gasteiger partial charge < -0.3 is 19.5 Å². The van der Waals surface area contributed by atoms with Crippen molar-refractivity contribution in [3.63, 3.8) is 0 Å². The molecule has 7 nitrogen and oxygen atoms in total. The lowest BCUT2D eigenvalue weighted by Gasteiger charge is -2.07. The van der Waals surface area contributed by atoms with Crippen LogP contribution in [0.4, 0.5) is 0 Å². The monoisotopic (exact) mass is 419 g/mol. The van der Waals surface area contributed by atoms with Crippen molar-refractivity contribution in [3.8, 4) is 17.2 Å². The largest absolute Gasteiger partial charge is 0.489 e. The summed E-state index contributed by atoms with van der Waals surface area (Å²) in [6.45, 7) is 3.58. The quantitative estimate of drug-likeness (QED) is 0.629. The molecule has 28 heavy (non-hydrogen) atoms. The van der Waals surface area contributed by atoms with Crippen molar-refractivity contribution < 1.29 is 19.0 Å². The first kappa shape index (κ1) is 18.6. The maximum atomic E-state index is 12.4. The van der Waals surface area contributed by atoms with Gasteiger partial charge in [-0.3, -0.25) is 9.48 Å². The SMILES string of the molecule is CCn1ncc(Cl)c1CNC(=O)c1cc(COc2ccc3c(c2)OCO3)cs1. The molecule has 1 amide bonds. The summed E-state index contributed by atoms with van der Waals surface area (Å²) in [4.78, 5) is 13.0. The third kappa shape index (κ3) is 3.93. The molecule has 0 spiro atoms. The van der Waals surface area contributed by atoms with Crippen molar-refractivity contribution in [1.82, 2.24) is 15.1 Å². The first-order chi connectivity index (χ1) is 13.6. The van der Waals surface area contributed by atoms with Crippen LogP contribution < -0.4 is 19.5 Å². The standard InChI is InChI=1S/C19H18ClN3O4S/c1-2-23-15(14(20)7-22-23)8-21-19(24)18-5-12(10-28-18)9-25-13-3-4-16-17(6-13)27-11-26-16/h3-7,10H,2,8-9,11H2,1H3,(H,21,24). The predicted octanol–water partition coefficient (Wildman–Crippen LogP) is 3.86. The van der Waals surface area contributed by atoms with E-state index in [-0.39, 0.29) is 12.7 Å². The summed E-state index contributed by atoms with van der Waals surface area (Å²) >= 11 is 7.50. The summed E-state index contributed by atoms with van der Waals surface area (Å²) in [5.74, 6) is 1.92. The van der Waals surface area contributed by atoms with Crippen LogP contribution in [0.25, 0.3) is 0 Å². The number of nitrogens with zero attached hydrogens (tertiary/aromatic N) is 2. The molecule has 9 heteroatoms. The number of nitrogens with one attached hydrogen (secondary N) is 1. The van der Waals surface area contributed by atoms with Crippen LogP contribution in [0.5, 0.6) is 17.2 Å². The second-order valence-electron chi connectivity index (χ2n) is 6.06. The summed E-state index contributed by atoms with van der Waals surface area (Å²) in [5.41, 5.74) is 1.71. The number of halogens is 1. The highest BCUT2D eigenvalue weighted by Crippen LogP contribution is 2.35. The Kier molecular flexibility index (Phi) is 5.40. The molecule has 3 heterocycles. The van der Waals surface area contributed by atoms with E-state index in [0.29, 0.717) is 46.8 Å². The Morgan fingerprint density at radius 2 is 2.21 bits per heavy atom. The van der Waals surface area contributed by atoms with Crippen molar-refractivity contribution in [2.24, 2.45) is 0 Å². The maximum Gasteiger partial charge on any atom is 0.261 e. The van der Waals surface area contributed by atoms with Gasteiger partial charge in [-0.15, -0.1) is 11.3 Å². The Labute approximate surface area is 170 Å². The topological polar surface area (TPSA) is 74.6 Å². The fraction of sp³-hybridized carbons (Fsp3) is 0.263. The number of aromatic nitrogens is 2. The highest BCUT2D eigenvalue weighted by Gasteiger charge is 2.15. The maximum absolute atomic E-state index is 12.4. The zero-order valence-electron chi connectivity index (χ0n) is 15.1. The van der Waals surface area contributed by atoms with Crippen molar-refractivity contribution >= 4 is 28.8 Å². The normalized spacial score (nSPS) is 12.2. The smallest absolute Gasteiger partial charge is 0.261 e. The summed E-state index contributed by atoms with van der Waals surface area (Å²) in [5, 5.41) is 9.51. The molecule has 0 saturated carbocycles. The fourth-order valence-electron chi connectivity index (χ4n) is 2.79. The van der Waals surface area contributed by atoms with Crippen molar-refractivity contribution in [3.05, 3.63) is 57.0 Å². The number of thiophene rings is 1. The van der Waals surface area contributed by atoms with E-state index < -0.39 is 0 Å². The Balaban J connectivity index is 1.33. The van der Waals surface area contributed by atoms with Crippen molar-refractivity contribution in [2.75, 3.05) is 6.79 Å². The minimum Gasteiger partial charge on any atom is -0.489 e. The number of aryl methyl sites for hydroxylation is 1. The zero-order valence-corrected chi connectivity index (χ0v) is 16.7. The molecule has 0 fully saturated rings. The van der Waals surface area contributed by atoms with Crippen LogP contribution in [0, 0.1) is 0 Å². The summed E-state index contributed by atoms with van der Waals surface area (Å²) in [6, 6.07) is 7.26. The molecule has 1 aliphatic heterocycles. The number of ether oxygens (including phenoxy) is 3. The third-order valence-electron chi connectivity index (χ3n) is 4.24. The van der Waals surface area contributed by atoms with Gasteiger partial charge in [0, 0.05) is 18.2 Å². The average Bonchev–Trinajstić information content (AvgIpc) is 3.43. The van der Waals surface area contributed by atoms with E-state index in [1.807, 2.05) is 30.5 Å². The Morgan fingerprint density at radius 1 is 1.36 bits per heavy atom. The molecular formula is C19H18ClN3O4S. The fourth-order valence-corrected chi connectivity index (χ4v) is 3.81. The number of hydrogen-bond acceptors (Lipinski definition) is 6. The molecule has 3 aromatic rings. The lowest BCUT2D eigenvalue weighted by molar-refractivity contribution is 0.0954. The highest BCUT2D eigenvalue weighted by molar-refractivity contribution is 7.12. The molecule has 0 aliphatic carbocycles. The van der Waals surface area contributed by atoms with Crippen molar-refractivity contribution in [1.29, 1.82) is 0 Å². The second kappa shape index (κ2) is 8.12. The number of carbonyl (C=O) groups is 1. The van der Waals surface area contributed by atoms with Crippen LogP contribution in [-0.4, -0.2) is 22.5 Å². The van der Waals surface area contributed by atoms with Crippen LogP contribution in [0.1, 0.15) is 27.9 Å². The van der Waals surface area contributed by atoms with Crippen LogP contribution in [0.2, 0.25) is 5.02 Å². The minimum absolute atomic E-state index is 0.153. The number of amides is 1. The molecule has 1 N–H and O–H groups in total. The van der Waals surface area contributed by atoms with E-state index in [0.717, 1.165) is 11.3 Å². The summed E-state index contributed by atoms with van der Waals surface area (Å²) in [7, 11) is 0. The Bertz CT molecular complexity index is 1000. The van der Waals surface area contributed by atoms with E-state index in [9.17, 15) is 4.79 Å². The number of carbonyl (C=O) groups excluding carboxylic acids is 1. The first-order valence-corrected chi connectivity index (χ1v) is 9.98. The second-order valence-corrected chi connectivity index (χ2v) is 7.38. The highest BCUT2D eigenvalue weighted by atomic mass is 35.5. The molecule has 0 atom stereocenters. The lowest BCUT2D eigenvalue weighted by Crippen LogP contribution is -2.23. The summed E-state index contributed by atoms with van der Waals surface area (Å²) in [6.07, 6.45) is 1.59. The van der Waals surface area contributed by atoms with Crippen molar-refractivity contribution in [2.45, 2.75) is 26.6 Å². The van der Waals surface area contributed by atoms with Gasteiger partial charge in [0.25, 0.3) is 5.91 Å². The molecule has 4 rings (SSSR count). The van der Waals surface area contributed by atoms with Gasteiger partial charge in [0.1, 0.15) is 12.4 Å². The molecule has 1 aromatic carbocycles.